The summed E-state index contributed by atoms with van der Waals surface area (Å²) in [6.07, 6.45) is 1.11. The lowest BCUT2D eigenvalue weighted by Gasteiger charge is -2.33. The SMILES string of the molecule is CCOCCOc1ccc(C(C)(C)CC(C)(C)C)cc1[S]. The maximum atomic E-state index is 5.68. The molecule has 0 spiro atoms. The molecule has 0 aliphatic heterocycles. The quantitative estimate of drug-likeness (QED) is 0.630. The maximum absolute atomic E-state index is 5.68. The molecule has 0 aromatic heterocycles. The summed E-state index contributed by atoms with van der Waals surface area (Å²) in [4.78, 5) is 0.783. The number of hydrogen-bond donors (Lipinski definition) is 0. The Kier molecular flexibility index (Phi) is 6.48. The van der Waals surface area contributed by atoms with Crippen molar-refractivity contribution >= 4 is 12.6 Å². The standard InChI is InChI=1S/C18H29O2S/c1-7-19-10-11-20-15-9-8-14(12-16(15)21)18(5,6)13-17(2,3)4/h8-9,12H,7,10-11,13H2,1-6H3. The van der Waals surface area contributed by atoms with E-state index < -0.39 is 0 Å². The normalized spacial score (nSPS) is 12.5. The molecule has 0 fully saturated rings. The van der Waals surface area contributed by atoms with E-state index in [4.69, 9.17) is 22.1 Å². The summed E-state index contributed by atoms with van der Waals surface area (Å²) in [5.41, 5.74) is 1.67. The van der Waals surface area contributed by atoms with Crippen LogP contribution in [-0.2, 0) is 10.2 Å². The van der Waals surface area contributed by atoms with E-state index in [0.717, 1.165) is 17.1 Å². The molecule has 0 atom stereocenters. The largest absolute Gasteiger partial charge is 0.490 e. The molecule has 1 rings (SSSR count). The second-order valence-corrected chi connectivity index (χ2v) is 7.77. The lowest BCUT2D eigenvalue weighted by molar-refractivity contribution is 0.109. The molecule has 0 N–H and O–H groups in total. The zero-order valence-electron chi connectivity index (χ0n) is 14.3. The zero-order valence-corrected chi connectivity index (χ0v) is 15.1. The fourth-order valence-corrected chi connectivity index (χ4v) is 3.08. The van der Waals surface area contributed by atoms with Crippen molar-refractivity contribution in [1.29, 1.82) is 0 Å². The molecular weight excluding hydrogens is 280 g/mol. The number of rotatable bonds is 7. The minimum atomic E-state index is 0.107. The first-order valence-electron chi connectivity index (χ1n) is 7.68. The van der Waals surface area contributed by atoms with E-state index in [1.165, 1.54) is 5.56 Å². The van der Waals surface area contributed by atoms with Gasteiger partial charge in [-0.1, -0.05) is 53.3 Å². The highest BCUT2D eigenvalue weighted by atomic mass is 32.1. The summed E-state index contributed by atoms with van der Waals surface area (Å²) in [7, 11) is 0. The number of hydrogen-bond acceptors (Lipinski definition) is 2. The van der Waals surface area contributed by atoms with Gasteiger partial charge in [0, 0.05) is 6.61 Å². The Labute approximate surface area is 135 Å². The summed E-state index contributed by atoms with van der Waals surface area (Å²) in [5.74, 6) is 0.778. The van der Waals surface area contributed by atoms with Gasteiger partial charge in [-0.25, -0.2) is 0 Å². The average molecular weight is 309 g/mol. The van der Waals surface area contributed by atoms with Gasteiger partial charge in [0.2, 0.25) is 0 Å². The van der Waals surface area contributed by atoms with Crippen molar-refractivity contribution in [3.05, 3.63) is 23.8 Å². The minimum absolute atomic E-state index is 0.107. The minimum Gasteiger partial charge on any atom is -0.490 e. The molecule has 0 saturated carbocycles. The zero-order chi connectivity index (χ0) is 16.1. The molecular formula is C18H29O2S. The van der Waals surface area contributed by atoms with Crippen LogP contribution < -0.4 is 4.74 Å². The molecule has 21 heavy (non-hydrogen) atoms. The number of benzene rings is 1. The van der Waals surface area contributed by atoms with E-state index in [-0.39, 0.29) is 10.8 Å². The van der Waals surface area contributed by atoms with Crippen LogP contribution in [-0.4, -0.2) is 19.8 Å². The maximum Gasteiger partial charge on any atom is 0.137 e. The van der Waals surface area contributed by atoms with Gasteiger partial charge in [-0.15, -0.1) is 0 Å². The van der Waals surface area contributed by atoms with E-state index in [1.54, 1.807) is 0 Å². The second-order valence-electron chi connectivity index (χ2n) is 7.33. The Morgan fingerprint density at radius 3 is 2.24 bits per heavy atom. The molecule has 1 radical (unpaired) electrons. The Morgan fingerprint density at radius 1 is 1.05 bits per heavy atom. The van der Waals surface area contributed by atoms with Crippen LogP contribution in [0.1, 0.15) is 53.5 Å². The van der Waals surface area contributed by atoms with Gasteiger partial charge in [-0.3, -0.25) is 0 Å². The predicted molar refractivity (Wildman–Crippen MR) is 91.4 cm³/mol. The third kappa shape index (κ3) is 6.23. The first-order valence-corrected chi connectivity index (χ1v) is 8.08. The van der Waals surface area contributed by atoms with E-state index in [2.05, 4.69) is 46.8 Å². The molecule has 0 heterocycles. The highest BCUT2D eigenvalue weighted by Crippen LogP contribution is 2.38. The lowest BCUT2D eigenvalue weighted by atomic mass is 9.72. The van der Waals surface area contributed by atoms with Crippen molar-refractivity contribution in [2.75, 3.05) is 19.8 Å². The van der Waals surface area contributed by atoms with Gasteiger partial charge < -0.3 is 9.47 Å². The monoisotopic (exact) mass is 309 g/mol. The lowest BCUT2D eigenvalue weighted by Crippen LogP contribution is -2.24. The van der Waals surface area contributed by atoms with Crippen LogP contribution in [0.15, 0.2) is 23.1 Å². The molecule has 3 heteroatoms. The van der Waals surface area contributed by atoms with Crippen LogP contribution in [0.3, 0.4) is 0 Å². The third-order valence-electron chi connectivity index (χ3n) is 3.39. The van der Waals surface area contributed by atoms with Crippen LogP contribution in [0.5, 0.6) is 5.75 Å². The van der Waals surface area contributed by atoms with Crippen LogP contribution in [0.4, 0.5) is 0 Å². The molecule has 0 saturated heterocycles. The van der Waals surface area contributed by atoms with E-state index in [9.17, 15) is 0 Å². The third-order valence-corrected chi connectivity index (χ3v) is 3.71. The fourth-order valence-electron chi connectivity index (χ4n) is 2.83. The fraction of sp³-hybridized carbons (Fsp3) is 0.667. The molecule has 1 aromatic carbocycles. The van der Waals surface area contributed by atoms with E-state index in [1.807, 2.05) is 13.0 Å². The van der Waals surface area contributed by atoms with Crippen molar-refractivity contribution in [1.82, 2.24) is 0 Å². The Bertz CT molecular complexity index is 447. The Balaban J connectivity index is 2.77. The van der Waals surface area contributed by atoms with E-state index >= 15 is 0 Å². The van der Waals surface area contributed by atoms with Gasteiger partial charge in [0.25, 0.3) is 0 Å². The van der Waals surface area contributed by atoms with Gasteiger partial charge in [-0.2, -0.15) is 0 Å². The summed E-state index contributed by atoms with van der Waals surface area (Å²) in [6.45, 7) is 15.2. The molecule has 0 aliphatic carbocycles. The van der Waals surface area contributed by atoms with Crippen molar-refractivity contribution in [2.24, 2.45) is 5.41 Å². The van der Waals surface area contributed by atoms with Crippen LogP contribution in [0, 0.1) is 5.41 Å². The van der Waals surface area contributed by atoms with Crippen LogP contribution in [0.2, 0.25) is 0 Å². The summed E-state index contributed by atoms with van der Waals surface area (Å²) >= 11 is 5.46. The summed E-state index contributed by atoms with van der Waals surface area (Å²) in [6, 6.07) is 6.21. The van der Waals surface area contributed by atoms with Crippen LogP contribution in [0.25, 0.3) is 0 Å². The predicted octanol–water partition coefficient (Wildman–Crippen LogP) is 5.37. The molecule has 0 aliphatic rings. The topological polar surface area (TPSA) is 18.5 Å². The molecule has 119 valence electrons. The first kappa shape index (κ1) is 18.2. The Hall–Kier alpha value is -0.800. The van der Waals surface area contributed by atoms with Gasteiger partial charge in [0.05, 0.1) is 11.5 Å². The molecule has 0 bridgehead atoms. The highest BCUT2D eigenvalue weighted by Gasteiger charge is 2.27. The summed E-state index contributed by atoms with van der Waals surface area (Å²) in [5, 5.41) is 0. The van der Waals surface area contributed by atoms with Crippen molar-refractivity contribution in [3.63, 3.8) is 0 Å². The molecule has 0 unspecified atom stereocenters. The Morgan fingerprint density at radius 2 is 1.71 bits per heavy atom. The van der Waals surface area contributed by atoms with Crippen molar-refractivity contribution in [3.8, 4) is 5.75 Å². The van der Waals surface area contributed by atoms with Gasteiger partial charge in [0.1, 0.15) is 12.4 Å². The van der Waals surface area contributed by atoms with Gasteiger partial charge in [0.15, 0.2) is 0 Å². The first-order chi connectivity index (χ1) is 9.65. The van der Waals surface area contributed by atoms with Crippen molar-refractivity contribution in [2.45, 2.75) is 58.3 Å². The molecule has 2 nitrogen and oxygen atoms in total. The smallest absolute Gasteiger partial charge is 0.137 e. The summed E-state index contributed by atoms with van der Waals surface area (Å²) < 4.78 is 10.9. The number of ether oxygens (including phenoxy) is 2. The second kappa shape index (κ2) is 7.46. The van der Waals surface area contributed by atoms with Gasteiger partial charge >= 0.3 is 0 Å². The molecule has 1 aromatic rings. The van der Waals surface area contributed by atoms with Crippen molar-refractivity contribution < 1.29 is 9.47 Å². The van der Waals surface area contributed by atoms with Gasteiger partial charge in [-0.05, 0) is 41.9 Å². The van der Waals surface area contributed by atoms with E-state index in [0.29, 0.717) is 19.8 Å². The highest BCUT2D eigenvalue weighted by molar-refractivity contribution is 7.80. The average Bonchev–Trinajstić information content (AvgIpc) is 2.33. The van der Waals surface area contributed by atoms with Crippen LogP contribution >= 0.6 is 12.6 Å². The molecule has 0 amide bonds.